The van der Waals surface area contributed by atoms with E-state index in [0.717, 1.165) is 35.3 Å². The van der Waals surface area contributed by atoms with E-state index in [4.69, 9.17) is 0 Å². The SMILES string of the molecule is CCc1nnc(Nc2cccc(CN(CC)C(C)=O)c2)c(C#N)c1CC. The van der Waals surface area contributed by atoms with Gasteiger partial charge in [0.15, 0.2) is 5.82 Å². The van der Waals surface area contributed by atoms with Gasteiger partial charge in [0, 0.05) is 25.7 Å². The van der Waals surface area contributed by atoms with Crippen LogP contribution >= 0.6 is 0 Å². The van der Waals surface area contributed by atoms with Gasteiger partial charge in [0.1, 0.15) is 11.6 Å². The minimum atomic E-state index is 0.0474. The molecule has 0 spiro atoms. The van der Waals surface area contributed by atoms with Gasteiger partial charge in [-0.1, -0.05) is 26.0 Å². The number of amides is 1. The van der Waals surface area contributed by atoms with Gasteiger partial charge in [-0.3, -0.25) is 4.79 Å². The molecule has 2 aromatic rings. The maximum atomic E-state index is 11.6. The van der Waals surface area contributed by atoms with Crippen molar-refractivity contribution in [3.8, 4) is 6.07 Å². The van der Waals surface area contributed by atoms with Gasteiger partial charge in [-0.05, 0) is 43.0 Å². The zero-order valence-corrected chi connectivity index (χ0v) is 15.8. The van der Waals surface area contributed by atoms with Crippen molar-refractivity contribution in [3.05, 3.63) is 46.6 Å². The molecule has 0 fully saturated rings. The molecule has 0 unspecified atom stereocenters. The number of nitrogens with zero attached hydrogens (tertiary/aromatic N) is 4. The summed E-state index contributed by atoms with van der Waals surface area (Å²) in [5.74, 6) is 0.517. The number of aromatic nitrogens is 2. The van der Waals surface area contributed by atoms with E-state index in [2.05, 4.69) is 21.6 Å². The standard InChI is InChI=1S/C20H25N5O/c1-5-17-18(12-21)20(24-23-19(17)6-2)22-16-10-8-9-15(11-16)13-25(7-3)14(4)26/h8-11H,5-7,13H2,1-4H3,(H,22,24). The van der Waals surface area contributed by atoms with Gasteiger partial charge in [-0.15, -0.1) is 5.10 Å². The van der Waals surface area contributed by atoms with Crippen molar-refractivity contribution in [1.29, 1.82) is 5.26 Å². The van der Waals surface area contributed by atoms with Crippen LogP contribution in [-0.2, 0) is 24.2 Å². The summed E-state index contributed by atoms with van der Waals surface area (Å²) in [5.41, 5.74) is 4.18. The van der Waals surface area contributed by atoms with Gasteiger partial charge >= 0.3 is 0 Å². The first-order chi connectivity index (χ1) is 12.5. The maximum Gasteiger partial charge on any atom is 0.219 e. The largest absolute Gasteiger partial charge is 0.339 e. The lowest BCUT2D eigenvalue weighted by Gasteiger charge is -2.19. The summed E-state index contributed by atoms with van der Waals surface area (Å²) in [7, 11) is 0. The molecule has 0 atom stereocenters. The third-order valence-corrected chi connectivity index (χ3v) is 4.35. The maximum absolute atomic E-state index is 11.6. The van der Waals surface area contributed by atoms with E-state index in [9.17, 15) is 10.1 Å². The number of hydrogen-bond acceptors (Lipinski definition) is 5. The van der Waals surface area contributed by atoms with Crippen molar-refractivity contribution in [2.75, 3.05) is 11.9 Å². The summed E-state index contributed by atoms with van der Waals surface area (Å²) in [6, 6.07) is 10.0. The number of carbonyl (C=O) groups excluding carboxylic acids is 1. The van der Waals surface area contributed by atoms with Gasteiger partial charge < -0.3 is 10.2 Å². The Morgan fingerprint density at radius 1 is 1.23 bits per heavy atom. The van der Waals surface area contributed by atoms with E-state index in [1.165, 1.54) is 0 Å². The highest BCUT2D eigenvalue weighted by atomic mass is 16.2. The number of rotatable bonds is 7. The van der Waals surface area contributed by atoms with Gasteiger partial charge in [0.05, 0.1) is 5.69 Å². The Morgan fingerprint density at radius 3 is 2.58 bits per heavy atom. The fourth-order valence-corrected chi connectivity index (χ4v) is 2.93. The van der Waals surface area contributed by atoms with Crippen LogP contribution in [0.1, 0.15) is 50.1 Å². The lowest BCUT2D eigenvalue weighted by molar-refractivity contribution is -0.129. The molecule has 1 amide bonds. The molecule has 1 aromatic heterocycles. The summed E-state index contributed by atoms with van der Waals surface area (Å²) in [6.45, 7) is 8.77. The zero-order chi connectivity index (χ0) is 19.1. The molecule has 26 heavy (non-hydrogen) atoms. The summed E-state index contributed by atoms with van der Waals surface area (Å²) >= 11 is 0. The Bertz CT molecular complexity index is 825. The van der Waals surface area contributed by atoms with Crippen LogP contribution in [0.5, 0.6) is 0 Å². The minimum absolute atomic E-state index is 0.0474. The van der Waals surface area contributed by atoms with Crippen LogP contribution in [0.2, 0.25) is 0 Å². The minimum Gasteiger partial charge on any atom is -0.339 e. The lowest BCUT2D eigenvalue weighted by Crippen LogP contribution is -2.27. The van der Waals surface area contributed by atoms with E-state index < -0.39 is 0 Å². The summed E-state index contributed by atoms with van der Waals surface area (Å²) in [4.78, 5) is 13.4. The number of hydrogen-bond donors (Lipinski definition) is 1. The topological polar surface area (TPSA) is 81.9 Å². The fourth-order valence-electron chi connectivity index (χ4n) is 2.93. The Hall–Kier alpha value is -2.94. The van der Waals surface area contributed by atoms with Gasteiger partial charge in [-0.2, -0.15) is 10.4 Å². The molecule has 0 saturated carbocycles. The molecule has 6 heteroatoms. The summed E-state index contributed by atoms with van der Waals surface area (Å²) in [5, 5.41) is 21.3. The molecule has 2 rings (SSSR count). The van der Waals surface area contributed by atoms with E-state index in [0.29, 0.717) is 24.5 Å². The number of aryl methyl sites for hydroxylation is 1. The first-order valence-electron chi connectivity index (χ1n) is 8.93. The van der Waals surface area contributed by atoms with Crippen LogP contribution in [0.15, 0.2) is 24.3 Å². The molecule has 0 radical (unpaired) electrons. The first kappa shape index (κ1) is 19.4. The molecule has 0 saturated heterocycles. The molecule has 0 aliphatic carbocycles. The number of nitrogens with one attached hydrogen (secondary N) is 1. The van der Waals surface area contributed by atoms with E-state index in [1.54, 1.807) is 11.8 Å². The molecular weight excluding hydrogens is 326 g/mol. The van der Waals surface area contributed by atoms with Crippen molar-refractivity contribution in [1.82, 2.24) is 15.1 Å². The van der Waals surface area contributed by atoms with E-state index in [-0.39, 0.29) is 5.91 Å². The Balaban J connectivity index is 2.31. The summed E-state index contributed by atoms with van der Waals surface area (Å²) < 4.78 is 0. The second-order valence-electron chi connectivity index (χ2n) is 6.03. The second kappa shape index (κ2) is 8.95. The molecule has 0 aliphatic rings. The number of benzene rings is 1. The van der Waals surface area contributed by atoms with E-state index >= 15 is 0 Å². The highest BCUT2D eigenvalue weighted by Crippen LogP contribution is 2.24. The van der Waals surface area contributed by atoms with Crippen molar-refractivity contribution in [2.45, 2.75) is 47.1 Å². The van der Waals surface area contributed by atoms with Crippen LogP contribution < -0.4 is 5.32 Å². The predicted molar refractivity (Wildman–Crippen MR) is 102 cm³/mol. The molecule has 1 N–H and O–H groups in total. The third kappa shape index (κ3) is 4.37. The van der Waals surface area contributed by atoms with Crippen LogP contribution in [-0.4, -0.2) is 27.5 Å². The van der Waals surface area contributed by atoms with Crippen LogP contribution in [0.4, 0.5) is 11.5 Å². The molecule has 1 heterocycles. The van der Waals surface area contributed by atoms with Crippen molar-refractivity contribution < 1.29 is 4.79 Å². The Morgan fingerprint density at radius 2 is 2.00 bits per heavy atom. The molecule has 1 aromatic carbocycles. The normalized spacial score (nSPS) is 10.3. The predicted octanol–water partition coefficient (Wildman–Crippen LogP) is 3.59. The smallest absolute Gasteiger partial charge is 0.219 e. The average Bonchev–Trinajstić information content (AvgIpc) is 2.65. The average molecular weight is 351 g/mol. The number of carbonyl (C=O) groups is 1. The second-order valence-corrected chi connectivity index (χ2v) is 6.03. The highest BCUT2D eigenvalue weighted by Gasteiger charge is 2.15. The van der Waals surface area contributed by atoms with Gasteiger partial charge in [0.25, 0.3) is 0 Å². The number of anilines is 2. The molecule has 0 aliphatic heterocycles. The third-order valence-electron chi connectivity index (χ3n) is 4.35. The van der Waals surface area contributed by atoms with Crippen LogP contribution in [0.3, 0.4) is 0 Å². The molecule has 6 nitrogen and oxygen atoms in total. The zero-order valence-electron chi connectivity index (χ0n) is 15.8. The number of nitriles is 1. The monoisotopic (exact) mass is 351 g/mol. The van der Waals surface area contributed by atoms with E-state index in [1.807, 2.05) is 45.0 Å². The Kier molecular flexibility index (Phi) is 6.67. The fraction of sp³-hybridized carbons (Fsp3) is 0.400. The van der Waals surface area contributed by atoms with Crippen LogP contribution in [0.25, 0.3) is 0 Å². The quantitative estimate of drug-likeness (QED) is 0.824. The van der Waals surface area contributed by atoms with Gasteiger partial charge in [0.2, 0.25) is 5.91 Å². The van der Waals surface area contributed by atoms with Crippen molar-refractivity contribution in [2.24, 2.45) is 0 Å². The molecule has 0 bridgehead atoms. The lowest BCUT2D eigenvalue weighted by atomic mass is 10.0. The first-order valence-corrected chi connectivity index (χ1v) is 8.93. The van der Waals surface area contributed by atoms with Crippen molar-refractivity contribution >= 4 is 17.4 Å². The van der Waals surface area contributed by atoms with Crippen LogP contribution in [0, 0.1) is 11.3 Å². The molecule has 136 valence electrons. The molecular formula is C20H25N5O. The Labute approximate surface area is 154 Å². The summed E-state index contributed by atoms with van der Waals surface area (Å²) in [6.07, 6.45) is 1.49. The van der Waals surface area contributed by atoms with Gasteiger partial charge in [-0.25, -0.2) is 0 Å². The van der Waals surface area contributed by atoms with Crippen molar-refractivity contribution in [3.63, 3.8) is 0 Å². The highest BCUT2D eigenvalue weighted by molar-refractivity contribution is 5.73.